The number of likely N-dealkylation sites (tertiary alicyclic amines) is 1. The molecule has 27 heavy (non-hydrogen) atoms. The zero-order valence-corrected chi connectivity index (χ0v) is 16.4. The quantitative estimate of drug-likeness (QED) is 0.698. The number of amides is 1. The molecular weight excluding hydrogens is 344 g/mol. The van der Waals surface area contributed by atoms with E-state index in [1.54, 1.807) is 4.90 Å². The van der Waals surface area contributed by atoms with Crippen LogP contribution >= 0.6 is 0 Å². The molecule has 1 fully saturated rings. The first-order valence-corrected chi connectivity index (χ1v) is 9.60. The minimum Gasteiger partial charge on any atom is -0.468 e. The number of esters is 1. The van der Waals surface area contributed by atoms with Crippen LogP contribution < -0.4 is 0 Å². The molecule has 0 spiro atoms. The van der Waals surface area contributed by atoms with Gasteiger partial charge in [0.05, 0.1) is 12.8 Å². The molecule has 0 radical (unpaired) electrons. The van der Waals surface area contributed by atoms with Crippen LogP contribution in [-0.2, 0) is 16.1 Å². The van der Waals surface area contributed by atoms with Crippen molar-refractivity contribution >= 4 is 17.5 Å². The van der Waals surface area contributed by atoms with Crippen molar-refractivity contribution in [1.29, 1.82) is 0 Å². The van der Waals surface area contributed by atoms with E-state index in [9.17, 15) is 9.59 Å². The highest BCUT2D eigenvalue weighted by Crippen LogP contribution is 2.24. The number of hydrogen-bond acceptors (Lipinski definition) is 5. The molecule has 146 valence electrons. The van der Waals surface area contributed by atoms with Crippen LogP contribution in [0.15, 0.2) is 24.4 Å². The molecule has 1 amide bonds. The summed E-state index contributed by atoms with van der Waals surface area (Å²) in [5, 5.41) is 0. The zero-order chi connectivity index (χ0) is 19.4. The standard InChI is InChI=1S/C20H28N4O3/c1-4-5-11-22(2)19(25)18-16(24-13-7-6-10-17(24)21-18)14-23-12-8-9-15(23)20(26)27-3/h6-7,10,13,15H,4-5,8-9,11-12,14H2,1-3H3/t15-/m0/s1. The summed E-state index contributed by atoms with van der Waals surface area (Å²) in [7, 11) is 3.24. The molecule has 0 aliphatic carbocycles. The van der Waals surface area contributed by atoms with E-state index in [4.69, 9.17) is 4.74 Å². The highest BCUT2D eigenvalue weighted by atomic mass is 16.5. The predicted octanol–water partition coefficient (Wildman–Crippen LogP) is 2.34. The molecule has 1 aliphatic rings. The molecule has 1 saturated heterocycles. The Morgan fingerprint density at radius 2 is 2.19 bits per heavy atom. The van der Waals surface area contributed by atoms with Crippen LogP contribution in [0.3, 0.4) is 0 Å². The van der Waals surface area contributed by atoms with Crippen molar-refractivity contribution < 1.29 is 14.3 Å². The highest BCUT2D eigenvalue weighted by molar-refractivity contribution is 5.94. The maximum Gasteiger partial charge on any atom is 0.323 e. The molecule has 3 rings (SSSR count). The maximum atomic E-state index is 13.0. The fourth-order valence-corrected chi connectivity index (χ4v) is 3.66. The summed E-state index contributed by atoms with van der Waals surface area (Å²) in [6.45, 7) is 4.11. The average Bonchev–Trinajstić information content (AvgIpc) is 3.30. The van der Waals surface area contributed by atoms with Gasteiger partial charge in [0.25, 0.3) is 5.91 Å². The Bertz CT molecular complexity index is 817. The zero-order valence-electron chi connectivity index (χ0n) is 16.4. The summed E-state index contributed by atoms with van der Waals surface area (Å²) >= 11 is 0. The molecule has 7 heteroatoms. The lowest BCUT2D eigenvalue weighted by atomic mass is 10.2. The number of rotatable bonds is 7. The highest BCUT2D eigenvalue weighted by Gasteiger charge is 2.33. The maximum absolute atomic E-state index is 13.0. The van der Waals surface area contributed by atoms with Gasteiger partial charge >= 0.3 is 5.97 Å². The summed E-state index contributed by atoms with van der Waals surface area (Å²) in [5.74, 6) is -0.287. The summed E-state index contributed by atoms with van der Waals surface area (Å²) in [4.78, 5) is 33.6. The third-order valence-corrected chi connectivity index (χ3v) is 5.21. The number of methoxy groups -OCH3 is 1. The number of fused-ring (bicyclic) bond motifs is 1. The molecule has 0 bridgehead atoms. The molecule has 3 heterocycles. The number of ether oxygens (including phenoxy) is 1. The first-order valence-electron chi connectivity index (χ1n) is 9.60. The van der Waals surface area contributed by atoms with Crippen LogP contribution in [0.4, 0.5) is 0 Å². The number of unbranched alkanes of at least 4 members (excludes halogenated alkanes) is 1. The van der Waals surface area contributed by atoms with Crippen molar-refractivity contribution in [3.63, 3.8) is 0 Å². The summed E-state index contributed by atoms with van der Waals surface area (Å²) in [6.07, 6.45) is 5.63. The predicted molar refractivity (Wildman–Crippen MR) is 103 cm³/mol. The number of pyridine rings is 1. The Morgan fingerprint density at radius 1 is 1.37 bits per heavy atom. The second-order valence-corrected chi connectivity index (χ2v) is 7.07. The van der Waals surface area contributed by atoms with Gasteiger partial charge in [0.2, 0.25) is 0 Å². The van der Waals surface area contributed by atoms with Crippen molar-refractivity contribution in [2.45, 2.75) is 45.2 Å². The third-order valence-electron chi connectivity index (χ3n) is 5.21. The van der Waals surface area contributed by atoms with E-state index in [2.05, 4.69) is 16.8 Å². The first-order chi connectivity index (χ1) is 13.1. The van der Waals surface area contributed by atoms with Crippen molar-refractivity contribution in [3.05, 3.63) is 35.8 Å². The molecule has 1 aliphatic heterocycles. The fourth-order valence-electron chi connectivity index (χ4n) is 3.66. The summed E-state index contributed by atoms with van der Waals surface area (Å²) < 4.78 is 6.91. The van der Waals surface area contributed by atoms with E-state index in [1.807, 2.05) is 35.8 Å². The monoisotopic (exact) mass is 372 g/mol. The average molecular weight is 372 g/mol. The lowest BCUT2D eigenvalue weighted by Crippen LogP contribution is -2.37. The van der Waals surface area contributed by atoms with E-state index in [-0.39, 0.29) is 17.9 Å². The number of carbonyl (C=O) groups excluding carboxylic acids is 2. The second kappa shape index (κ2) is 8.52. The second-order valence-electron chi connectivity index (χ2n) is 7.07. The van der Waals surface area contributed by atoms with E-state index in [0.29, 0.717) is 18.8 Å². The topological polar surface area (TPSA) is 67.2 Å². The molecule has 7 nitrogen and oxygen atoms in total. The Labute approximate surface area is 159 Å². The number of aromatic nitrogens is 2. The molecule has 0 unspecified atom stereocenters. The third kappa shape index (κ3) is 3.98. The van der Waals surface area contributed by atoms with Crippen LogP contribution in [0, 0.1) is 0 Å². The van der Waals surface area contributed by atoms with Crippen molar-refractivity contribution in [3.8, 4) is 0 Å². The lowest BCUT2D eigenvalue weighted by Gasteiger charge is -2.23. The smallest absolute Gasteiger partial charge is 0.323 e. The van der Waals surface area contributed by atoms with Crippen LogP contribution in [0.1, 0.15) is 48.8 Å². The van der Waals surface area contributed by atoms with E-state index < -0.39 is 0 Å². The van der Waals surface area contributed by atoms with Gasteiger partial charge in [-0.2, -0.15) is 0 Å². The van der Waals surface area contributed by atoms with Gasteiger partial charge in [-0.25, -0.2) is 4.98 Å². The van der Waals surface area contributed by atoms with E-state index in [0.717, 1.165) is 43.6 Å². The van der Waals surface area contributed by atoms with Crippen LogP contribution in [-0.4, -0.2) is 64.3 Å². The Balaban J connectivity index is 1.93. The van der Waals surface area contributed by atoms with E-state index >= 15 is 0 Å². The Morgan fingerprint density at radius 3 is 2.93 bits per heavy atom. The van der Waals surface area contributed by atoms with Crippen LogP contribution in [0.2, 0.25) is 0 Å². The first kappa shape index (κ1) is 19.4. The molecule has 0 saturated carbocycles. The van der Waals surface area contributed by atoms with Crippen molar-refractivity contribution in [2.75, 3.05) is 27.2 Å². The largest absolute Gasteiger partial charge is 0.468 e. The van der Waals surface area contributed by atoms with Gasteiger partial charge in [-0.15, -0.1) is 0 Å². The summed E-state index contributed by atoms with van der Waals surface area (Å²) in [6, 6.07) is 5.47. The molecule has 2 aromatic rings. The SMILES string of the molecule is CCCCN(C)C(=O)c1nc2ccccn2c1CN1CCC[C@H]1C(=O)OC. The van der Waals surface area contributed by atoms with Gasteiger partial charge in [0.15, 0.2) is 5.69 Å². The number of nitrogens with zero attached hydrogens (tertiary/aromatic N) is 4. The number of imidazole rings is 1. The van der Waals surface area contributed by atoms with E-state index in [1.165, 1.54) is 7.11 Å². The van der Waals surface area contributed by atoms with Gasteiger partial charge in [0, 0.05) is 26.3 Å². The van der Waals surface area contributed by atoms with Crippen LogP contribution in [0.25, 0.3) is 5.65 Å². The summed E-state index contributed by atoms with van der Waals surface area (Å²) in [5.41, 5.74) is 2.04. The minimum atomic E-state index is -0.259. The number of carbonyl (C=O) groups is 2. The molecule has 0 N–H and O–H groups in total. The molecular formula is C20H28N4O3. The van der Waals surface area contributed by atoms with Crippen molar-refractivity contribution in [2.24, 2.45) is 0 Å². The minimum absolute atomic E-state index is 0.0732. The van der Waals surface area contributed by atoms with Gasteiger partial charge in [-0.3, -0.25) is 14.5 Å². The molecule has 0 aromatic carbocycles. The Hall–Kier alpha value is -2.41. The van der Waals surface area contributed by atoms with Crippen LogP contribution in [0.5, 0.6) is 0 Å². The van der Waals surface area contributed by atoms with Gasteiger partial charge in [-0.05, 0) is 37.9 Å². The van der Waals surface area contributed by atoms with Gasteiger partial charge in [-0.1, -0.05) is 19.4 Å². The Kier molecular flexibility index (Phi) is 6.11. The molecule has 2 aromatic heterocycles. The normalized spacial score (nSPS) is 17.4. The molecule has 1 atom stereocenters. The van der Waals surface area contributed by atoms with Gasteiger partial charge < -0.3 is 14.0 Å². The lowest BCUT2D eigenvalue weighted by molar-refractivity contribution is -0.146. The van der Waals surface area contributed by atoms with Crippen molar-refractivity contribution in [1.82, 2.24) is 19.2 Å². The number of hydrogen-bond donors (Lipinski definition) is 0. The van der Waals surface area contributed by atoms with Gasteiger partial charge in [0.1, 0.15) is 11.7 Å². The fraction of sp³-hybridized carbons (Fsp3) is 0.550.